The van der Waals surface area contributed by atoms with Crippen LogP contribution in [0.25, 0.3) is 11.1 Å². The second-order valence-electron chi connectivity index (χ2n) is 10.8. The van der Waals surface area contributed by atoms with Gasteiger partial charge >= 0.3 is 12.1 Å². The van der Waals surface area contributed by atoms with Gasteiger partial charge in [0.15, 0.2) is 6.61 Å². The average Bonchev–Trinajstić information content (AvgIpc) is 3.30. The molecule has 0 saturated carbocycles. The Hall–Kier alpha value is -4.45. The molecule has 0 bridgehead atoms. The molecule has 0 aromatic heterocycles. The SMILES string of the molecule is CC(C)[C@H](NC(=O)OCC1c2ccccc2-c2ccccc21)C(=O)N[C@@H](C)C(=O)OCC(=O)N[C@@H](CCCCN)C(N)=O. The van der Waals surface area contributed by atoms with Crippen LogP contribution in [0.4, 0.5) is 4.79 Å². The van der Waals surface area contributed by atoms with Gasteiger partial charge in [-0.05, 0) is 60.9 Å². The monoisotopic (exact) mass is 595 g/mol. The fourth-order valence-electron chi connectivity index (χ4n) is 4.94. The van der Waals surface area contributed by atoms with Crippen molar-refractivity contribution in [3.63, 3.8) is 0 Å². The minimum atomic E-state index is -1.12. The maximum Gasteiger partial charge on any atom is 0.407 e. The summed E-state index contributed by atoms with van der Waals surface area (Å²) in [6, 6.07) is 12.9. The summed E-state index contributed by atoms with van der Waals surface area (Å²) in [5, 5.41) is 7.53. The van der Waals surface area contributed by atoms with Crippen molar-refractivity contribution >= 4 is 29.8 Å². The Bertz CT molecular complexity index is 1270. The minimum Gasteiger partial charge on any atom is -0.454 e. The van der Waals surface area contributed by atoms with E-state index in [0.29, 0.717) is 25.8 Å². The lowest BCUT2D eigenvalue weighted by Crippen LogP contribution is -2.53. The van der Waals surface area contributed by atoms with E-state index in [4.69, 9.17) is 20.9 Å². The van der Waals surface area contributed by atoms with Crippen LogP contribution in [-0.2, 0) is 28.7 Å². The van der Waals surface area contributed by atoms with Gasteiger partial charge in [0.05, 0.1) is 0 Å². The fourth-order valence-corrected chi connectivity index (χ4v) is 4.94. The first-order chi connectivity index (χ1) is 20.5. The first kappa shape index (κ1) is 33.1. The van der Waals surface area contributed by atoms with E-state index < -0.39 is 54.5 Å². The topological polar surface area (TPSA) is 192 Å². The summed E-state index contributed by atoms with van der Waals surface area (Å²) in [5.41, 5.74) is 15.1. The van der Waals surface area contributed by atoms with Gasteiger partial charge in [-0.25, -0.2) is 9.59 Å². The number of primary amides is 1. The number of amides is 4. The Morgan fingerprint density at radius 2 is 1.44 bits per heavy atom. The second-order valence-corrected chi connectivity index (χ2v) is 10.8. The predicted molar refractivity (Wildman–Crippen MR) is 159 cm³/mol. The number of nitrogens with two attached hydrogens (primary N) is 2. The van der Waals surface area contributed by atoms with Crippen LogP contribution in [0.15, 0.2) is 48.5 Å². The molecular weight excluding hydrogens is 554 g/mol. The van der Waals surface area contributed by atoms with Gasteiger partial charge < -0.3 is 36.9 Å². The predicted octanol–water partition coefficient (Wildman–Crippen LogP) is 1.70. The molecule has 43 heavy (non-hydrogen) atoms. The van der Waals surface area contributed by atoms with Crippen LogP contribution < -0.4 is 27.4 Å². The van der Waals surface area contributed by atoms with E-state index in [1.165, 1.54) is 6.92 Å². The number of benzene rings is 2. The van der Waals surface area contributed by atoms with Crippen molar-refractivity contribution < 1.29 is 33.4 Å². The van der Waals surface area contributed by atoms with E-state index in [2.05, 4.69) is 16.0 Å². The highest BCUT2D eigenvalue weighted by atomic mass is 16.5. The van der Waals surface area contributed by atoms with Gasteiger partial charge in [-0.15, -0.1) is 0 Å². The van der Waals surface area contributed by atoms with E-state index >= 15 is 0 Å². The van der Waals surface area contributed by atoms with Gasteiger partial charge in [0.25, 0.3) is 5.91 Å². The molecule has 0 aliphatic heterocycles. The summed E-state index contributed by atoms with van der Waals surface area (Å²) in [6.45, 7) is 4.74. The molecule has 3 atom stereocenters. The summed E-state index contributed by atoms with van der Waals surface area (Å²) in [7, 11) is 0. The number of ether oxygens (including phenoxy) is 2. The van der Waals surface area contributed by atoms with Crippen LogP contribution in [0.2, 0.25) is 0 Å². The summed E-state index contributed by atoms with van der Waals surface area (Å²) >= 11 is 0. The zero-order valence-corrected chi connectivity index (χ0v) is 24.8. The largest absolute Gasteiger partial charge is 0.454 e. The molecule has 12 heteroatoms. The fraction of sp³-hybridized carbons (Fsp3) is 0.452. The molecule has 7 N–H and O–H groups in total. The Morgan fingerprint density at radius 3 is 2.00 bits per heavy atom. The number of nitrogens with one attached hydrogen (secondary N) is 3. The summed E-state index contributed by atoms with van der Waals surface area (Å²) in [4.78, 5) is 62.0. The average molecular weight is 596 g/mol. The van der Waals surface area contributed by atoms with Crippen molar-refractivity contribution in [2.45, 2.75) is 64.1 Å². The molecule has 0 spiro atoms. The Morgan fingerprint density at radius 1 is 0.837 bits per heavy atom. The third kappa shape index (κ3) is 9.02. The standard InChI is InChI=1S/C31H41N5O7/c1-18(2)27(29(39)34-19(3)30(40)42-17-26(37)35-25(28(33)38)14-8-9-15-32)36-31(41)43-16-24-22-12-6-4-10-20(22)21-11-5-7-13-23(21)24/h4-7,10-13,18-19,24-25,27H,8-9,14-17,32H2,1-3H3,(H2,33,38)(H,34,39)(H,35,37)(H,36,41)/t19-,25-,27-/m0/s1. The van der Waals surface area contributed by atoms with Crippen LogP contribution in [0.3, 0.4) is 0 Å². The molecule has 0 heterocycles. The highest BCUT2D eigenvalue weighted by molar-refractivity contribution is 5.91. The highest BCUT2D eigenvalue weighted by Crippen LogP contribution is 2.44. The van der Waals surface area contributed by atoms with Crippen LogP contribution in [-0.4, -0.2) is 67.7 Å². The molecule has 0 fully saturated rings. The zero-order chi connectivity index (χ0) is 31.5. The number of unbranched alkanes of at least 4 members (excludes halogenated alkanes) is 1. The lowest BCUT2D eigenvalue weighted by molar-refractivity contribution is -0.151. The van der Waals surface area contributed by atoms with Crippen LogP contribution in [0.5, 0.6) is 0 Å². The van der Waals surface area contributed by atoms with Crippen molar-refractivity contribution in [1.29, 1.82) is 0 Å². The van der Waals surface area contributed by atoms with Crippen molar-refractivity contribution in [3.05, 3.63) is 59.7 Å². The first-order valence-corrected chi connectivity index (χ1v) is 14.4. The van der Waals surface area contributed by atoms with Gasteiger partial charge in [-0.2, -0.15) is 0 Å². The molecule has 2 aromatic carbocycles. The lowest BCUT2D eigenvalue weighted by Gasteiger charge is -2.24. The molecule has 1 aliphatic carbocycles. The van der Waals surface area contributed by atoms with Crippen molar-refractivity contribution in [1.82, 2.24) is 16.0 Å². The molecule has 0 saturated heterocycles. The number of carbonyl (C=O) groups excluding carboxylic acids is 5. The van der Waals surface area contributed by atoms with Gasteiger partial charge in [0.1, 0.15) is 24.7 Å². The third-order valence-electron chi connectivity index (χ3n) is 7.25. The lowest BCUT2D eigenvalue weighted by atomic mass is 9.98. The van der Waals surface area contributed by atoms with Gasteiger partial charge in [-0.1, -0.05) is 62.4 Å². The smallest absolute Gasteiger partial charge is 0.407 e. The second kappa shape index (κ2) is 15.7. The number of esters is 1. The van der Waals surface area contributed by atoms with Gasteiger partial charge in [-0.3, -0.25) is 14.4 Å². The molecule has 0 unspecified atom stereocenters. The Labute approximate surface area is 251 Å². The number of rotatable bonds is 15. The normalized spacial score (nSPS) is 14.1. The van der Waals surface area contributed by atoms with Crippen LogP contribution in [0, 0.1) is 5.92 Å². The van der Waals surface area contributed by atoms with E-state index in [-0.39, 0.29) is 18.4 Å². The van der Waals surface area contributed by atoms with Crippen molar-refractivity contribution in [3.8, 4) is 11.1 Å². The highest BCUT2D eigenvalue weighted by Gasteiger charge is 2.31. The molecule has 3 rings (SSSR count). The Balaban J connectivity index is 1.49. The van der Waals surface area contributed by atoms with Crippen molar-refractivity contribution in [2.24, 2.45) is 17.4 Å². The number of hydrogen-bond acceptors (Lipinski definition) is 8. The van der Waals surface area contributed by atoms with E-state index in [0.717, 1.165) is 22.3 Å². The molecule has 0 radical (unpaired) electrons. The minimum absolute atomic E-state index is 0.0840. The van der Waals surface area contributed by atoms with E-state index in [9.17, 15) is 24.0 Å². The molecule has 4 amide bonds. The molecular formula is C31H41N5O7. The van der Waals surface area contributed by atoms with Crippen LogP contribution in [0.1, 0.15) is 57.1 Å². The molecule has 1 aliphatic rings. The Kier molecular flexibility index (Phi) is 12.1. The van der Waals surface area contributed by atoms with Crippen LogP contribution >= 0.6 is 0 Å². The number of hydrogen-bond donors (Lipinski definition) is 5. The quantitative estimate of drug-likeness (QED) is 0.152. The zero-order valence-electron chi connectivity index (χ0n) is 24.8. The number of alkyl carbamates (subject to hydrolysis) is 1. The molecule has 232 valence electrons. The number of fused-ring (bicyclic) bond motifs is 3. The van der Waals surface area contributed by atoms with E-state index in [1.807, 2.05) is 48.5 Å². The maximum atomic E-state index is 13.0. The molecule has 2 aromatic rings. The maximum absolute atomic E-state index is 13.0. The van der Waals surface area contributed by atoms with Gasteiger partial charge in [0.2, 0.25) is 11.8 Å². The number of carbonyl (C=O) groups is 5. The summed E-state index contributed by atoms with van der Waals surface area (Å²) in [6.07, 6.45) is 0.803. The van der Waals surface area contributed by atoms with Gasteiger partial charge in [0, 0.05) is 5.92 Å². The molecule has 12 nitrogen and oxygen atoms in total. The third-order valence-corrected chi connectivity index (χ3v) is 7.25. The summed E-state index contributed by atoms with van der Waals surface area (Å²) < 4.78 is 10.6. The first-order valence-electron chi connectivity index (χ1n) is 14.4. The summed E-state index contributed by atoms with van der Waals surface area (Å²) in [5.74, 6) is -3.38. The van der Waals surface area contributed by atoms with Crippen molar-refractivity contribution in [2.75, 3.05) is 19.8 Å². The van der Waals surface area contributed by atoms with E-state index in [1.54, 1.807) is 13.8 Å².